The van der Waals surface area contributed by atoms with E-state index in [0.717, 1.165) is 23.6 Å². The van der Waals surface area contributed by atoms with Crippen molar-refractivity contribution >= 4 is 11.4 Å². The normalized spacial score (nSPS) is 10.5. The van der Waals surface area contributed by atoms with Gasteiger partial charge in [0.25, 0.3) is 0 Å². The molecule has 17 heavy (non-hydrogen) atoms. The van der Waals surface area contributed by atoms with Crippen LogP contribution in [0.1, 0.15) is 11.4 Å². The van der Waals surface area contributed by atoms with Gasteiger partial charge in [0.05, 0.1) is 35.5 Å². The molecule has 0 atom stereocenters. The summed E-state index contributed by atoms with van der Waals surface area (Å²) in [5.74, 6) is 0. The van der Waals surface area contributed by atoms with Crippen molar-refractivity contribution in [3.63, 3.8) is 0 Å². The maximum absolute atomic E-state index is 5.89. The molecule has 0 amide bonds. The summed E-state index contributed by atoms with van der Waals surface area (Å²) < 4.78 is 1.89. The highest BCUT2D eigenvalue weighted by Crippen LogP contribution is 2.21. The molecule has 0 saturated carbocycles. The van der Waals surface area contributed by atoms with Crippen molar-refractivity contribution in [1.29, 1.82) is 0 Å². The van der Waals surface area contributed by atoms with Gasteiger partial charge in [-0.3, -0.25) is 9.67 Å². The zero-order chi connectivity index (χ0) is 12.4. The van der Waals surface area contributed by atoms with Gasteiger partial charge < -0.3 is 10.6 Å². The zero-order valence-corrected chi connectivity index (χ0v) is 10.4. The lowest BCUT2D eigenvalue weighted by atomic mass is 10.3. The molecule has 5 heteroatoms. The monoisotopic (exact) mass is 231 g/mol. The number of hydrogen-bond acceptors (Lipinski definition) is 4. The van der Waals surface area contributed by atoms with Gasteiger partial charge in [0.2, 0.25) is 0 Å². The average molecular weight is 231 g/mol. The van der Waals surface area contributed by atoms with Gasteiger partial charge in [0, 0.05) is 20.3 Å². The molecule has 0 radical (unpaired) electrons. The van der Waals surface area contributed by atoms with Gasteiger partial charge in [-0.2, -0.15) is 5.10 Å². The van der Waals surface area contributed by atoms with Crippen LogP contribution in [0.2, 0.25) is 0 Å². The Kier molecular flexibility index (Phi) is 2.99. The van der Waals surface area contributed by atoms with Crippen LogP contribution in [0.4, 0.5) is 11.4 Å². The topological polar surface area (TPSA) is 60.0 Å². The fourth-order valence-electron chi connectivity index (χ4n) is 1.89. The van der Waals surface area contributed by atoms with Crippen LogP contribution in [0.3, 0.4) is 0 Å². The molecule has 0 aliphatic rings. The number of nitrogens with two attached hydrogens (primary N) is 1. The first kappa shape index (κ1) is 11.4. The molecule has 0 spiro atoms. The molecule has 0 saturated heterocycles. The van der Waals surface area contributed by atoms with E-state index in [4.69, 9.17) is 5.73 Å². The zero-order valence-electron chi connectivity index (χ0n) is 10.4. The summed E-state index contributed by atoms with van der Waals surface area (Å²) in [5.41, 5.74) is 9.75. The summed E-state index contributed by atoms with van der Waals surface area (Å²) in [4.78, 5) is 6.08. The maximum Gasteiger partial charge on any atom is 0.0738 e. The highest BCUT2D eigenvalue weighted by atomic mass is 15.3. The minimum atomic E-state index is 0.689. The maximum atomic E-state index is 5.89. The third-order valence-corrected chi connectivity index (χ3v) is 2.74. The van der Waals surface area contributed by atoms with E-state index < -0.39 is 0 Å². The number of pyridine rings is 1. The van der Waals surface area contributed by atoms with Crippen LogP contribution in [0, 0.1) is 6.92 Å². The van der Waals surface area contributed by atoms with Gasteiger partial charge in [-0.05, 0) is 19.1 Å². The molecule has 0 aliphatic carbocycles. The summed E-state index contributed by atoms with van der Waals surface area (Å²) in [6.45, 7) is 2.76. The molecule has 2 aromatic heterocycles. The molecule has 2 N–H and O–H groups in total. The Labute approximate surface area is 101 Å². The van der Waals surface area contributed by atoms with E-state index in [-0.39, 0.29) is 0 Å². The smallest absolute Gasteiger partial charge is 0.0738 e. The first-order valence-electron chi connectivity index (χ1n) is 5.48. The highest BCUT2D eigenvalue weighted by Gasteiger charge is 2.08. The second-order valence-corrected chi connectivity index (χ2v) is 4.19. The highest BCUT2D eigenvalue weighted by molar-refractivity contribution is 5.65. The fourth-order valence-corrected chi connectivity index (χ4v) is 1.89. The number of aryl methyl sites for hydroxylation is 2. The lowest BCUT2D eigenvalue weighted by Gasteiger charge is -2.20. The molecule has 0 unspecified atom stereocenters. The summed E-state index contributed by atoms with van der Waals surface area (Å²) in [5, 5.41) is 4.33. The number of anilines is 2. The molecule has 0 bridgehead atoms. The number of aromatic nitrogens is 3. The van der Waals surface area contributed by atoms with E-state index in [9.17, 15) is 0 Å². The largest absolute Gasteiger partial charge is 0.396 e. The summed E-state index contributed by atoms with van der Waals surface area (Å²) in [6.07, 6.45) is 3.41. The van der Waals surface area contributed by atoms with Crippen molar-refractivity contribution in [1.82, 2.24) is 14.8 Å². The Hall–Kier alpha value is -2.04. The van der Waals surface area contributed by atoms with Crippen molar-refractivity contribution in [3.05, 3.63) is 35.9 Å². The van der Waals surface area contributed by atoms with E-state index >= 15 is 0 Å². The van der Waals surface area contributed by atoms with Crippen LogP contribution in [0.5, 0.6) is 0 Å². The number of nitrogen functional groups attached to an aromatic ring is 1. The van der Waals surface area contributed by atoms with Crippen molar-refractivity contribution in [3.8, 4) is 0 Å². The SMILES string of the molecule is Cc1cc(CN(C)c2ccncc2N)n(C)n1. The summed E-state index contributed by atoms with van der Waals surface area (Å²) in [6, 6.07) is 3.99. The number of hydrogen-bond donors (Lipinski definition) is 1. The Bertz CT molecular complexity index is 517. The quantitative estimate of drug-likeness (QED) is 0.866. The van der Waals surface area contributed by atoms with E-state index in [0.29, 0.717) is 5.69 Å². The van der Waals surface area contributed by atoms with Gasteiger partial charge in [-0.1, -0.05) is 0 Å². The molecule has 0 fully saturated rings. The predicted molar refractivity (Wildman–Crippen MR) is 68.7 cm³/mol. The lowest BCUT2D eigenvalue weighted by molar-refractivity contribution is 0.694. The predicted octanol–water partition coefficient (Wildman–Crippen LogP) is 1.34. The molecule has 2 aromatic rings. The first-order chi connectivity index (χ1) is 8.08. The lowest BCUT2D eigenvalue weighted by Crippen LogP contribution is -2.19. The van der Waals surface area contributed by atoms with Gasteiger partial charge in [-0.25, -0.2) is 0 Å². The van der Waals surface area contributed by atoms with Crippen LogP contribution >= 0.6 is 0 Å². The number of nitrogens with zero attached hydrogens (tertiary/aromatic N) is 4. The van der Waals surface area contributed by atoms with Gasteiger partial charge in [0.15, 0.2) is 0 Å². The average Bonchev–Trinajstić information content (AvgIpc) is 2.58. The molecule has 2 heterocycles. The molecule has 90 valence electrons. The third kappa shape index (κ3) is 2.38. The fraction of sp³-hybridized carbons (Fsp3) is 0.333. The minimum absolute atomic E-state index is 0.689. The Balaban J connectivity index is 2.20. The second-order valence-electron chi connectivity index (χ2n) is 4.19. The van der Waals surface area contributed by atoms with Crippen LogP contribution in [0.25, 0.3) is 0 Å². The third-order valence-electron chi connectivity index (χ3n) is 2.74. The molecular weight excluding hydrogens is 214 g/mol. The van der Waals surface area contributed by atoms with Gasteiger partial charge in [0.1, 0.15) is 0 Å². The molecule has 2 rings (SSSR count). The molecule has 0 aromatic carbocycles. The van der Waals surface area contributed by atoms with Crippen molar-refractivity contribution in [2.24, 2.45) is 7.05 Å². The molecule has 5 nitrogen and oxygen atoms in total. The van der Waals surface area contributed by atoms with Crippen LogP contribution in [-0.4, -0.2) is 21.8 Å². The van der Waals surface area contributed by atoms with Gasteiger partial charge >= 0.3 is 0 Å². The van der Waals surface area contributed by atoms with E-state index in [1.165, 1.54) is 0 Å². The van der Waals surface area contributed by atoms with E-state index in [1.807, 2.05) is 31.8 Å². The summed E-state index contributed by atoms with van der Waals surface area (Å²) >= 11 is 0. The van der Waals surface area contributed by atoms with Crippen molar-refractivity contribution in [2.75, 3.05) is 17.7 Å². The van der Waals surface area contributed by atoms with E-state index in [1.54, 1.807) is 12.4 Å². The Morgan fingerprint density at radius 3 is 2.82 bits per heavy atom. The Morgan fingerprint density at radius 1 is 1.47 bits per heavy atom. The minimum Gasteiger partial charge on any atom is -0.396 e. The van der Waals surface area contributed by atoms with Crippen molar-refractivity contribution in [2.45, 2.75) is 13.5 Å². The van der Waals surface area contributed by atoms with Crippen molar-refractivity contribution < 1.29 is 0 Å². The summed E-state index contributed by atoms with van der Waals surface area (Å²) in [7, 11) is 3.96. The Morgan fingerprint density at radius 2 is 2.24 bits per heavy atom. The second kappa shape index (κ2) is 4.45. The first-order valence-corrected chi connectivity index (χ1v) is 5.48. The van der Waals surface area contributed by atoms with Gasteiger partial charge in [-0.15, -0.1) is 0 Å². The molecular formula is C12H17N5. The number of rotatable bonds is 3. The molecule has 0 aliphatic heterocycles. The standard InChI is InChI=1S/C12H17N5/c1-9-6-10(17(3)15-9)8-16(2)12-4-5-14-7-11(12)13/h4-7H,8,13H2,1-3H3. The van der Waals surface area contributed by atoms with Crippen LogP contribution in [0.15, 0.2) is 24.5 Å². The van der Waals surface area contributed by atoms with E-state index in [2.05, 4.69) is 21.0 Å². The van der Waals surface area contributed by atoms with Crippen LogP contribution in [-0.2, 0) is 13.6 Å². The van der Waals surface area contributed by atoms with Crippen LogP contribution < -0.4 is 10.6 Å².